The Morgan fingerprint density at radius 3 is 2.38 bits per heavy atom. The molecule has 0 saturated carbocycles. The number of benzene rings is 2. The lowest BCUT2D eigenvalue weighted by atomic mass is 10.2. The topological polar surface area (TPSA) is 44.8 Å². The van der Waals surface area contributed by atoms with E-state index in [2.05, 4.69) is 0 Å². The SMILES string of the molecule is CCCOC(=Cc1ccc(OCc2ccccc2)cc1)C(=O)OC. The maximum Gasteiger partial charge on any atom is 0.373 e. The number of carbonyl (C=O) groups excluding carboxylic acids is 1. The second-order valence-electron chi connectivity index (χ2n) is 5.19. The molecule has 2 aromatic carbocycles. The van der Waals surface area contributed by atoms with Gasteiger partial charge >= 0.3 is 5.97 Å². The molecule has 0 spiro atoms. The molecule has 126 valence electrons. The van der Waals surface area contributed by atoms with Gasteiger partial charge in [-0.2, -0.15) is 0 Å². The normalized spacial score (nSPS) is 11.0. The quantitative estimate of drug-likeness (QED) is 0.414. The van der Waals surface area contributed by atoms with Crippen LogP contribution in [0.1, 0.15) is 24.5 Å². The Bertz CT molecular complexity index is 660. The highest BCUT2D eigenvalue weighted by atomic mass is 16.6. The van der Waals surface area contributed by atoms with Crippen molar-refractivity contribution < 1.29 is 19.0 Å². The average molecular weight is 326 g/mol. The van der Waals surface area contributed by atoms with Gasteiger partial charge in [-0.15, -0.1) is 0 Å². The van der Waals surface area contributed by atoms with Crippen molar-refractivity contribution in [2.75, 3.05) is 13.7 Å². The Labute approximate surface area is 142 Å². The summed E-state index contributed by atoms with van der Waals surface area (Å²) in [5.41, 5.74) is 1.96. The summed E-state index contributed by atoms with van der Waals surface area (Å²) in [6, 6.07) is 17.5. The molecule has 0 amide bonds. The predicted octanol–water partition coefficient (Wildman–Crippen LogP) is 4.21. The van der Waals surface area contributed by atoms with Crippen LogP contribution in [0.2, 0.25) is 0 Å². The van der Waals surface area contributed by atoms with Crippen LogP contribution in [-0.4, -0.2) is 19.7 Å². The van der Waals surface area contributed by atoms with E-state index in [1.807, 2.05) is 61.5 Å². The lowest BCUT2D eigenvalue weighted by Gasteiger charge is -2.08. The second-order valence-corrected chi connectivity index (χ2v) is 5.19. The molecule has 0 radical (unpaired) electrons. The molecule has 0 aromatic heterocycles. The number of rotatable bonds is 8. The standard InChI is InChI=1S/C20H22O4/c1-3-13-23-19(20(21)22-2)14-16-9-11-18(12-10-16)24-15-17-7-5-4-6-8-17/h4-12,14H,3,13,15H2,1-2H3. The summed E-state index contributed by atoms with van der Waals surface area (Å²) in [5.74, 6) is 0.496. The zero-order valence-corrected chi connectivity index (χ0v) is 14.0. The van der Waals surface area contributed by atoms with Gasteiger partial charge in [0.05, 0.1) is 13.7 Å². The summed E-state index contributed by atoms with van der Waals surface area (Å²) >= 11 is 0. The van der Waals surface area contributed by atoms with Gasteiger partial charge in [0.2, 0.25) is 5.76 Å². The molecule has 2 aromatic rings. The third-order valence-corrected chi connectivity index (χ3v) is 3.27. The van der Waals surface area contributed by atoms with E-state index in [-0.39, 0.29) is 5.76 Å². The third-order valence-electron chi connectivity index (χ3n) is 3.27. The molecule has 0 aliphatic carbocycles. The summed E-state index contributed by atoms with van der Waals surface area (Å²) in [7, 11) is 1.34. The van der Waals surface area contributed by atoms with Gasteiger partial charge in [-0.05, 0) is 35.8 Å². The van der Waals surface area contributed by atoms with Gasteiger partial charge in [0.15, 0.2) is 0 Å². The van der Waals surface area contributed by atoms with Crippen LogP contribution >= 0.6 is 0 Å². The molecule has 0 aliphatic heterocycles. The fourth-order valence-corrected chi connectivity index (χ4v) is 2.02. The Hall–Kier alpha value is -2.75. The highest BCUT2D eigenvalue weighted by Crippen LogP contribution is 2.17. The molecular formula is C20H22O4. The molecule has 0 aliphatic rings. The van der Waals surface area contributed by atoms with E-state index in [4.69, 9.17) is 14.2 Å². The van der Waals surface area contributed by atoms with Crippen LogP contribution < -0.4 is 4.74 Å². The number of methoxy groups -OCH3 is 1. The van der Waals surface area contributed by atoms with Crippen molar-refractivity contribution in [3.8, 4) is 5.75 Å². The summed E-state index contributed by atoms with van der Waals surface area (Å²) < 4.78 is 15.9. The lowest BCUT2D eigenvalue weighted by molar-refractivity contribution is -0.139. The Morgan fingerprint density at radius 2 is 1.75 bits per heavy atom. The van der Waals surface area contributed by atoms with Crippen LogP contribution in [0.3, 0.4) is 0 Å². The van der Waals surface area contributed by atoms with E-state index < -0.39 is 5.97 Å². The maximum atomic E-state index is 11.7. The van der Waals surface area contributed by atoms with Gasteiger partial charge in [-0.3, -0.25) is 0 Å². The third kappa shape index (κ3) is 5.47. The lowest BCUT2D eigenvalue weighted by Crippen LogP contribution is -2.08. The van der Waals surface area contributed by atoms with Crippen LogP contribution in [0.15, 0.2) is 60.4 Å². The van der Waals surface area contributed by atoms with Crippen molar-refractivity contribution in [3.63, 3.8) is 0 Å². The van der Waals surface area contributed by atoms with Crippen LogP contribution in [0.4, 0.5) is 0 Å². The molecule has 0 saturated heterocycles. The first-order chi connectivity index (χ1) is 11.7. The van der Waals surface area contributed by atoms with E-state index in [9.17, 15) is 4.79 Å². The molecule has 0 atom stereocenters. The minimum absolute atomic E-state index is 0.206. The van der Waals surface area contributed by atoms with Crippen molar-refractivity contribution in [2.24, 2.45) is 0 Å². The number of hydrogen-bond acceptors (Lipinski definition) is 4. The van der Waals surface area contributed by atoms with Gasteiger partial charge < -0.3 is 14.2 Å². The van der Waals surface area contributed by atoms with Gasteiger partial charge in [-0.25, -0.2) is 4.79 Å². The highest BCUT2D eigenvalue weighted by Gasteiger charge is 2.11. The van der Waals surface area contributed by atoms with Crippen LogP contribution in [0.25, 0.3) is 6.08 Å². The van der Waals surface area contributed by atoms with E-state index in [1.165, 1.54) is 7.11 Å². The molecule has 0 unspecified atom stereocenters. The van der Waals surface area contributed by atoms with Gasteiger partial charge in [0, 0.05) is 0 Å². The number of hydrogen-bond donors (Lipinski definition) is 0. The van der Waals surface area contributed by atoms with Crippen molar-refractivity contribution in [2.45, 2.75) is 20.0 Å². The summed E-state index contributed by atoms with van der Waals surface area (Å²) in [6.45, 7) is 2.97. The average Bonchev–Trinajstić information content (AvgIpc) is 2.64. The highest BCUT2D eigenvalue weighted by molar-refractivity contribution is 5.91. The molecule has 0 N–H and O–H groups in total. The van der Waals surface area contributed by atoms with Crippen molar-refractivity contribution in [1.29, 1.82) is 0 Å². The maximum absolute atomic E-state index is 11.7. The first-order valence-corrected chi connectivity index (χ1v) is 7.92. The largest absolute Gasteiger partial charge is 0.489 e. The molecule has 4 heteroatoms. The first kappa shape index (κ1) is 17.6. The van der Waals surface area contributed by atoms with Crippen molar-refractivity contribution in [1.82, 2.24) is 0 Å². The molecule has 2 rings (SSSR count). The van der Waals surface area contributed by atoms with E-state index in [1.54, 1.807) is 6.08 Å². The van der Waals surface area contributed by atoms with Crippen molar-refractivity contribution >= 4 is 12.0 Å². The van der Waals surface area contributed by atoms with Crippen LogP contribution in [0, 0.1) is 0 Å². The fourth-order valence-electron chi connectivity index (χ4n) is 2.02. The Kier molecular flexibility index (Phi) is 6.90. The minimum atomic E-state index is -0.479. The zero-order valence-electron chi connectivity index (χ0n) is 14.0. The second kappa shape index (κ2) is 9.40. The van der Waals surface area contributed by atoms with E-state index in [0.717, 1.165) is 23.3 Å². The number of ether oxygens (including phenoxy) is 3. The summed E-state index contributed by atoms with van der Waals surface area (Å²) in [5, 5.41) is 0. The molecule has 4 nitrogen and oxygen atoms in total. The molecular weight excluding hydrogens is 304 g/mol. The van der Waals surface area contributed by atoms with Gasteiger partial charge in [0.1, 0.15) is 12.4 Å². The fraction of sp³-hybridized carbons (Fsp3) is 0.250. The zero-order chi connectivity index (χ0) is 17.2. The van der Waals surface area contributed by atoms with Crippen LogP contribution in [-0.2, 0) is 20.9 Å². The Balaban J connectivity index is 2.01. The molecule has 0 bridgehead atoms. The van der Waals surface area contributed by atoms with E-state index in [0.29, 0.717) is 13.2 Å². The first-order valence-electron chi connectivity index (χ1n) is 7.92. The van der Waals surface area contributed by atoms with Crippen LogP contribution in [0.5, 0.6) is 5.75 Å². The number of esters is 1. The summed E-state index contributed by atoms with van der Waals surface area (Å²) in [6.07, 6.45) is 2.49. The Morgan fingerprint density at radius 1 is 1.04 bits per heavy atom. The number of carbonyl (C=O) groups is 1. The monoisotopic (exact) mass is 326 g/mol. The minimum Gasteiger partial charge on any atom is -0.489 e. The smallest absolute Gasteiger partial charge is 0.373 e. The summed E-state index contributed by atoms with van der Waals surface area (Å²) in [4.78, 5) is 11.7. The predicted molar refractivity (Wildman–Crippen MR) is 93.5 cm³/mol. The van der Waals surface area contributed by atoms with Gasteiger partial charge in [0.25, 0.3) is 0 Å². The van der Waals surface area contributed by atoms with Crippen molar-refractivity contribution in [3.05, 3.63) is 71.5 Å². The van der Waals surface area contributed by atoms with Gasteiger partial charge in [-0.1, -0.05) is 49.4 Å². The molecule has 0 fully saturated rings. The molecule has 24 heavy (non-hydrogen) atoms. The van der Waals surface area contributed by atoms with E-state index >= 15 is 0 Å². The molecule has 0 heterocycles.